The second-order valence-corrected chi connectivity index (χ2v) is 8.61. The molecule has 0 amide bonds. The van der Waals surface area contributed by atoms with Crippen LogP contribution in [0.5, 0.6) is 0 Å². The summed E-state index contributed by atoms with van der Waals surface area (Å²) in [6.07, 6.45) is 4.79. The van der Waals surface area contributed by atoms with E-state index < -0.39 is 0 Å². The van der Waals surface area contributed by atoms with Crippen molar-refractivity contribution >= 4 is 28.9 Å². The van der Waals surface area contributed by atoms with Gasteiger partial charge in [-0.15, -0.1) is 16.4 Å². The van der Waals surface area contributed by atoms with E-state index in [-0.39, 0.29) is 11.2 Å². The molecule has 3 aromatic heterocycles. The molecule has 0 radical (unpaired) electrons. The Morgan fingerprint density at radius 2 is 2.13 bits per heavy atom. The van der Waals surface area contributed by atoms with Crippen molar-refractivity contribution in [1.29, 1.82) is 0 Å². The number of Topliss-reactive ketones (excluding diaryl/α,β-unsaturated/α-hetero) is 1. The van der Waals surface area contributed by atoms with Crippen LogP contribution in [0.4, 0.5) is 0 Å². The van der Waals surface area contributed by atoms with Gasteiger partial charge in [-0.25, -0.2) is 4.98 Å². The van der Waals surface area contributed by atoms with E-state index in [9.17, 15) is 4.79 Å². The molecule has 0 spiro atoms. The van der Waals surface area contributed by atoms with E-state index in [0.717, 1.165) is 32.3 Å². The van der Waals surface area contributed by atoms with Crippen molar-refractivity contribution in [1.82, 2.24) is 25.4 Å². The average molecular weight is 345 g/mol. The molecule has 118 valence electrons. The van der Waals surface area contributed by atoms with Crippen molar-refractivity contribution in [2.75, 3.05) is 0 Å². The average Bonchev–Trinajstić information content (AvgIpc) is 3.18. The highest BCUT2D eigenvalue weighted by atomic mass is 32.2. The number of aromatic amines is 2. The summed E-state index contributed by atoms with van der Waals surface area (Å²) in [4.78, 5) is 18.0. The fourth-order valence-electron chi connectivity index (χ4n) is 2.95. The molecule has 1 aliphatic carbocycles. The maximum Gasteiger partial charge on any atom is 0.213 e. The number of carbonyl (C=O) groups excluding carboxylic acids is 1. The molecular weight excluding hydrogens is 330 g/mol. The molecule has 2 N–H and O–H groups in total. The molecule has 0 unspecified atom stereocenters. The van der Waals surface area contributed by atoms with Gasteiger partial charge in [-0.05, 0) is 35.2 Å². The number of fused-ring (bicyclic) bond motifs is 1. The first-order valence-electron chi connectivity index (χ1n) is 7.26. The van der Waals surface area contributed by atoms with Crippen LogP contribution in [0.3, 0.4) is 0 Å². The van der Waals surface area contributed by atoms with E-state index >= 15 is 0 Å². The lowest BCUT2D eigenvalue weighted by atomic mass is 9.74. The van der Waals surface area contributed by atoms with E-state index in [1.807, 2.05) is 6.07 Å². The van der Waals surface area contributed by atoms with Gasteiger partial charge in [-0.3, -0.25) is 15.0 Å². The van der Waals surface area contributed by atoms with Crippen molar-refractivity contribution < 1.29 is 4.79 Å². The Hall–Kier alpha value is -1.93. The van der Waals surface area contributed by atoms with Gasteiger partial charge in [0.25, 0.3) is 0 Å². The fourth-order valence-corrected chi connectivity index (χ4v) is 5.34. The van der Waals surface area contributed by atoms with Crippen molar-refractivity contribution in [3.05, 3.63) is 29.7 Å². The number of nitrogens with one attached hydrogen (secondary N) is 2. The second kappa shape index (κ2) is 5.31. The molecule has 0 fully saturated rings. The van der Waals surface area contributed by atoms with Crippen molar-refractivity contribution in [3.8, 4) is 10.6 Å². The first-order valence-corrected chi connectivity index (χ1v) is 8.89. The zero-order valence-corrected chi connectivity index (χ0v) is 14.3. The molecule has 4 rings (SSSR count). The van der Waals surface area contributed by atoms with Crippen LogP contribution in [-0.2, 0) is 6.42 Å². The minimum absolute atomic E-state index is 0.0251. The lowest BCUT2D eigenvalue weighted by Gasteiger charge is -2.29. The predicted molar refractivity (Wildman–Crippen MR) is 88.8 cm³/mol. The smallest absolute Gasteiger partial charge is 0.213 e. The molecule has 6 nitrogen and oxygen atoms in total. The van der Waals surface area contributed by atoms with Crippen molar-refractivity contribution in [2.24, 2.45) is 5.41 Å². The highest BCUT2D eigenvalue weighted by molar-refractivity contribution is 8.01. The summed E-state index contributed by atoms with van der Waals surface area (Å²) in [5.41, 5.74) is 2.81. The third kappa shape index (κ3) is 2.61. The van der Waals surface area contributed by atoms with Crippen LogP contribution in [0.2, 0.25) is 0 Å². The summed E-state index contributed by atoms with van der Waals surface area (Å²) in [7, 11) is 0. The Balaban J connectivity index is 1.86. The molecule has 0 saturated carbocycles. The number of hydrogen-bond acceptors (Lipinski definition) is 6. The Morgan fingerprint density at radius 1 is 1.26 bits per heavy atom. The molecule has 23 heavy (non-hydrogen) atoms. The van der Waals surface area contributed by atoms with Crippen LogP contribution < -0.4 is 0 Å². The topological polar surface area (TPSA) is 87.3 Å². The van der Waals surface area contributed by atoms with Gasteiger partial charge < -0.3 is 0 Å². The maximum atomic E-state index is 12.7. The lowest BCUT2D eigenvalue weighted by molar-refractivity contribution is 0.0910. The summed E-state index contributed by atoms with van der Waals surface area (Å²) < 4.78 is 0.957. The van der Waals surface area contributed by atoms with E-state index in [0.29, 0.717) is 11.6 Å². The molecule has 0 saturated heterocycles. The van der Waals surface area contributed by atoms with Gasteiger partial charge in [0.15, 0.2) is 5.78 Å². The number of hydrogen-bond donors (Lipinski definition) is 2. The standard InChI is InChI=1S/C15H15N5OS2/c1-15(2)5-8-11(10(21)6-15)13(23-14-16-7-18-20-14)22-12(8)9-3-4-17-19-9/h3-4,7H,5-6H2,1-2H3,(H,17,19)(H,16,18,20). The lowest BCUT2D eigenvalue weighted by Crippen LogP contribution is -2.26. The molecule has 3 heterocycles. The summed E-state index contributed by atoms with van der Waals surface area (Å²) in [6, 6.07) is 1.94. The fraction of sp³-hybridized carbons (Fsp3) is 0.333. The van der Waals surface area contributed by atoms with Crippen LogP contribution in [0.25, 0.3) is 10.6 Å². The first-order chi connectivity index (χ1) is 11.0. The van der Waals surface area contributed by atoms with Crippen molar-refractivity contribution in [2.45, 2.75) is 36.1 Å². The molecule has 3 aromatic rings. The van der Waals surface area contributed by atoms with E-state index in [1.54, 1.807) is 23.9 Å². The predicted octanol–water partition coefficient (Wildman–Crippen LogP) is 3.56. The number of nitrogens with zero attached hydrogens (tertiary/aromatic N) is 3. The van der Waals surface area contributed by atoms with Gasteiger partial charge in [-0.2, -0.15) is 5.10 Å². The highest BCUT2D eigenvalue weighted by Gasteiger charge is 2.37. The van der Waals surface area contributed by atoms with Crippen LogP contribution in [-0.4, -0.2) is 31.2 Å². The number of H-pyrrole nitrogens is 2. The van der Waals surface area contributed by atoms with E-state index in [4.69, 9.17) is 0 Å². The summed E-state index contributed by atoms with van der Waals surface area (Å²) in [5, 5.41) is 14.6. The quantitative estimate of drug-likeness (QED) is 0.758. The van der Waals surface area contributed by atoms with Gasteiger partial charge in [-0.1, -0.05) is 13.8 Å². The SMILES string of the molecule is CC1(C)CC(=O)c2c(Sc3nc[nH]n3)sc(-c3cc[nH]n3)c2C1. The highest BCUT2D eigenvalue weighted by Crippen LogP contribution is 2.49. The number of ketones is 1. The van der Waals surface area contributed by atoms with Crippen LogP contribution in [0, 0.1) is 5.41 Å². The van der Waals surface area contributed by atoms with E-state index in [2.05, 4.69) is 39.2 Å². The van der Waals surface area contributed by atoms with Crippen LogP contribution >= 0.6 is 23.1 Å². The van der Waals surface area contributed by atoms with Gasteiger partial charge in [0.1, 0.15) is 12.0 Å². The Labute approximate surface area is 141 Å². The van der Waals surface area contributed by atoms with E-state index in [1.165, 1.54) is 11.8 Å². The molecular formula is C15H15N5OS2. The third-order valence-electron chi connectivity index (χ3n) is 3.86. The second-order valence-electron chi connectivity index (χ2n) is 6.36. The van der Waals surface area contributed by atoms with Crippen LogP contribution in [0.15, 0.2) is 28.0 Å². The number of rotatable bonds is 3. The number of carbonyl (C=O) groups is 1. The molecule has 0 aliphatic heterocycles. The van der Waals surface area contributed by atoms with Gasteiger partial charge >= 0.3 is 0 Å². The van der Waals surface area contributed by atoms with Gasteiger partial charge in [0, 0.05) is 18.2 Å². The molecule has 8 heteroatoms. The molecule has 0 bridgehead atoms. The minimum atomic E-state index is -0.0251. The minimum Gasteiger partial charge on any atom is -0.294 e. The molecule has 1 aliphatic rings. The number of aromatic nitrogens is 5. The third-order valence-corrected chi connectivity index (χ3v) is 6.18. The largest absolute Gasteiger partial charge is 0.294 e. The van der Waals surface area contributed by atoms with Gasteiger partial charge in [0.05, 0.1) is 9.09 Å². The summed E-state index contributed by atoms with van der Waals surface area (Å²) >= 11 is 3.04. The normalized spacial score (nSPS) is 16.5. The summed E-state index contributed by atoms with van der Waals surface area (Å²) in [6.45, 7) is 4.28. The maximum absolute atomic E-state index is 12.7. The zero-order chi connectivity index (χ0) is 16.0. The molecule has 0 atom stereocenters. The zero-order valence-electron chi connectivity index (χ0n) is 12.7. The first kappa shape index (κ1) is 14.6. The van der Waals surface area contributed by atoms with Crippen molar-refractivity contribution in [3.63, 3.8) is 0 Å². The van der Waals surface area contributed by atoms with Gasteiger partial charge in [0.2, 0.25) is 5.16 Å². The number of thiophene rings is 1. The Morgan fingerprint density at radius 3 is 2.83 bits per heavy atom. The Kier molecular flexibility index (Phi) is 3.38. The monoisotopic (exact) mass is 345 g/mol. The Bertz CT molecular complexity index is 849. The van der Waals surface area contributed by atoms with Crippen LogP contribution in [0.1, 0.15) is 36.2 Å². The molecule has 0 aromatic carbocycles. The summed E-state index contributed by atoms with van der Waals surface area (Å²) in [5.74, 6) is 0.201.